The summed E-state index contributed by atoms with van der Waals surface area (Å²) in [7, 11) is 0. The van der Waals surface area contributed by atoms with Gasteiger partial charge >= 0.3 is 0 Å². The Morgan fingerprint density at radius 2 is 2.17 bits per heavy atom. The number of benzene rings is 1. The van der Waals surface area contributed by atoms with Crippen molar-refractivity contribution in [2.24, 2.45) is 5.16 Å². The van der Waals surface area contributed by atoms with Crippen molar-refractivity contribution in [3.8, 4) is 5.75 Å². The van der Waals surface area contributed by atoms with Crippen LogP contribution in [0.1, 0.15) is 50.2 Å². The SMILES string of the molecule is CCCCCOc1cccc2c1CCCC2=NO. The van der Waals surface area contributed by atoms with Gasteiger partial charge in [0, 0.05) is 11.1 Å². The molecule has 0 aromatic heterocycles. The monoisotopic (exact) mass is 247 g/mol. The number of hydrogen-bond donors (Lipinski definition) is 1. The molecule has 0 saturated heterocycles. The van der Waals surface area contributed by atoms with Gasteiger partial charge in [-0.1, -0.05) is 37.1 Å². The maximum absolute atomic E-state index is 9.02. The molecule has 3 nitrogen and oxygen atoms in total. The summed E-state index contributed by atoms with van der Waals surface area (Å²) in [6.45, 7) is 2.96. The van der Waals surface area contributed by atoms with Crippen molar-refractivity contribution in [2.45, 2.75) is 45.4 Å². The molecule has 0 spiro atoms. The molecule has 0 saturated carbocycles. The molecule has 0 amide bonds. The van der Waals surface area contributed by atoms with Crippen molar-refractivity contribution in [1.29, 1.82) is 0 Å². The lowest BCUT2D eigenvalue weighted by Crippen LogP contribution is -2.13. The Morgan fingerprint density at radius 3 is 2.94 bits per heavy atom. The molecule has 0 heterocycles. The smallest absolute Gasteiger partial charge is 0.123 e. The average Bonchev–Trinajstić information content (AvgIpc) is 2.43. The van der Waals surface area contributed by atoms with E-state index < -0.39 is 0 Å². The largest absolute Gasteiger partial charge is 0.493 e. The zero-order valence-corrected chi connectivity index (χ0v) is 11.0. The minimum Gasteiger partial charge on any atom is -0.493 e. The summed E-state index contributed by atoms with van der Waals surface area (Å²) in [4.78, 5) is 0. The van der Waals surface area contributed by atoms with Crippen molar-refractivity contribution >= 4 is 5.71 Å². The molecule has 1 aliphatic rings. The van der Waals surface area contributed by atoms with Crippen molar-refractivity contribution < 1.29 is 9.94 Å². The predicted molar refractivity (Wildman–Crippen MR) is 72.7 cm³/mol. The quantitative estimate of drug-likeness (QED) is 0.489. The topological polar surface area (TPSA) is 41.8 Å². The van der Waals surface area contributed by atoms with Gasteiger partial charge in [-0.25, -0.2) is 0 Å². The van der Waals surface area contributed by atoms with Crippen molar-refractivity contribution in [3.05, 3.63) is 29.3 Å². The first-order chi connectivity index (χ1) is 8.86. The van der Waals surface area contributed by atoms with Crippen molar-refractivity contribution in [2.75, 3.05) is 6.61 Å². The number of hydrogen-bond acceptors (Lipinski definition) is 3. The standard InChI is InChI=1S/C15H21NO2/c1-2-3-4-11-18-15-10-6-7-12-13(15)8-5-9-14(12)16-17/h6-7,10,17H,2-5,8-9,11H2,1H3. The van der Waals surface area contributed by atoms with Crippen LogP contribution in [-0.4, -0.2) is 17.5 Å². The Balaban J connectivity index is 2.12. The highest BCUT2D eigenvalue weighted by Crippen LogP contribution is 2.30. The van der Waals surface area contributed by atoms with Gasteiger partial charge in [-0.3, -0.25) is 0 Å². The summed E-state index contributed by atoms with van der Waals surface area (Å²) in [5.41, 5.74) is 3.04. The fraction of sp³-hybridized carbons (Fsp3) is 0.533. The molecular formula is C15H21NO2. The minimum atomic E-state index is 0.774. The molecule has 1 aromatic carbocycles. The molecule has 1 aromatic rings. The maximum atomic E-state index is 9.02. The Kier molecular flexibility index (Phi) is 4.62. The summed E-state index contributed by atoms with van der Waals surface area (Å²) >= 11 is 0. The van der Waals surface area contributed by atoms with E-state index in [0.717, 1.165) is 49.3 Å². The third-order valence-electron chi connectivity index (χ3n) is 3.41. The van der Waals surface area contributed by atoms with Crippen molar-refractivity contribution in [3.63, 3.8) is 0 Å². The number of rotatable bonds is 5. The zero-order chi connectivity index (χ0) is 12.8. The predicted octanol–water partition coefficient (Wildman–Crippen LogP) is 3.77. The Hall–Kier alpha value is -1.51. The van der Waals surface area contributed by atoms with Crippen LogP contribution in [0.25, 0.3) is 0 Å². The lowest BCUT2D eigenvalue weighted by molar-refractivity contribution is 0.302. The van der Waals surface area contributed by atoms with E-state index >= 15 is 0 Å². The van der Waals surface area contributed by atoms with Crippen LogP contribution in [0.2, 0.25) is 0 Å². The van der Waals surface area contributed by atoms with Crippen LogP contribution in [0.4, 0.5) is 0 Å². The average molecular weight is 247 g/mol. The molecule has 0 bridgehead atoms. The van der Waals surface area contributed by atoms with Gasteiger partial charge in [0.2, 0.25) is 0 Å². The van der Waals surface area contributed by atoms with E-state index in [1.165, 1.54) is 18.4 Å². The van der Waals surface area contributed by atoms with E-state index in [9.17, 15) is 0 Å². The number of ether oxygens (including phenoxy) is 1. The zero-order valence-electron chi connectivity index (χ0n) is 11.0. The van der Waals surface area contributed by atoms with E-state index in [2.05, 4.69) is 12.1 Å². The summed E-state index contributed by atoms with van der Waals surface area (Å²) in [6.07, 6.45) is 6.40. The van der Waals surface area contributed by atoms with Gasteiger partial charge in [0.05, 0.1) is 12.3 Å². The third kappa shape index (κ3) is 2.84. The number of oxime groups is 1. The molecule has 0 unspecified atom stereocenters. The highest BCUT2D eigenvalue weighted by molar-refractivity contribution is 6.02. The van der Waals surface area contributed by atoms with Gasteiger partial charge in [0.1, 0.15) is 5.75 Å². The van der Waals surface area contributed by atoms with Crippen LogP contribution in [0.15, 0.2) is 23.4 Å². The summed E-state index contributed by atoms with van der Waals surface area (Å²) in [5.74, 6) is 0.962. The highest BCUT2D eigenvalue weighted by Gasteiger charge is 2.19. The summed E-state index contributed by atoms with van der Waals surface area (Å²) in [5, 5.41) is 12.4. The first-order valence-electron chi connectivity index (χ1n) is 6.82. The van der Waals surface area contributed by atoms with Gasteiger partial charge in [-0.2, -0.15) is 0 Å². The Bertz CT molecular complexity index is 427. The molecule has 1 N–H and O–H groups in total. The van der Waals surface area contributed by atoms with E-state index in [0.29, 0.717) is 0 Å². The number of unbranched alkanes of at least 4 members (excludes halogenated alkanes) is 2. The molecule has 98 valence electrons. The summed E-state index contributed by atoms with van der Waals surface area (Å²) in [6, 6.07) is 6.01. The van der Waals surface area contributed by atoms with Crippen LogP contribution in [0, 0.1) is 0 Å². The first kappa shape index (κ1) is 12.9. The van der Waals surface area contributed by atoms with Gasteiger partial charge < -0.3 is 9.94 Å². The first-order valence-corrected chi connectivity index (χ1v) is 6.82. The molecular weight excluding hydrogens is 226 g/mol. The molecule has 1 aliphatic carbocycles. The third-order valence-corrected chi connectivity index (χ3v) is 3.41. The Labute approximate surface area is 108 Å². The van der Waals surface area contributed by atoms with E-state index in [4.69, 9.17) is 9.94 Å². The second-order valence-electron chi connectivity index (χ2n) is 4.74. The van der Waals surface area contributed by atoms with Crippen LogP contribution in [0.3, 0.4) is 0 Å². The molecule has 0 aliphatic heterocycles. The molecule has 3 heteroatoms. The van der Waals surface area contributed by atoms with Crippen LogP contribution >= 0.6 is 0 Å². The molecule has 0 fully saturated rings. The Morgan fingerprint density at radius 1 is 1.28 bits per heavy atom. The van der Waals surface area contributed by atoms with Crippen LogP contribution in [-0.2, 0) is 6.42 Å². The lowest BCUT2D eigenvalue weighted by atomic mass is 9.89. The normalized spacial score (nSPS) is 16.6. The summed E-state index contributed by atoms with van der Waals surface area (Å²) < 4.78 is 5.86. The molecule has 0 radical (unpaired) electrons. The second-order valence-corrected chi connectivity index (χ2v) is 4.74. The van der Waals surface area contributed by atoms with Crippen LogP contribution < -0.4 is 4.74 Å². The van der Waals surface area contributed by atoms with E-state index in [1.54, 1.807) is 0 Å². The second kappa shape index (κ2) is 6.43. The highest BCUT2D eigenvalue weighted by atomic mass is 16.5. The van der Waals surface area contributed by atoms with Gasteiger partial charge in [-0.05, 0) is 31.7 Å². The van der Waals surface area contributed by atoms with Gasteiger partial charge in [0.15, 0.2) is 0 Å². The van der Waals surface area contributed by atoms with Gasteiger partial charge in [0.25, 0.3) is 0 Å². The maximum Gasteiger partial charge on any atom is 0.123 e. The number of nitrogens with zero attached hydrogens (tertiary/aromatic N) is 1. The fourth-order valence-electron chi connectivity index (χ4n) is 2.43. The molecule has 2 rings (SSSR count). The van der Waals surface area contributed by atoms with Crippen LogP contribution in [0.5, 0.6) is 5.75 Å². The lowest BCUT2D eigenvalue weighted by Gasteiger charge is -2.20. The van der Waals surface area contributed by atoms with Gasteiger partial charge in [-0.15, -0.1) is 0 Å². The number of fused-ring (bicyclic) bond motifs is 1. The molecule has 18 heavy (non-hydrogen) atoms. The molecule has 0 atom stereocenters. The van der Waals surface area contributed by atoms with E-state index in [1.807, 2.05) is 18.2 Å². The van der Waals surface area contributed by atoms with Crippen molar-refractivity contribution in [1.82, 2.24) is 0 Å². The minimum absolute atomic E-state index is 0.774. The fourth-order valence-corrected chi connectivity index (χ4v) is 2.43. The van der Waals surface area contributed by atoms with E-state index in [-0.39, 0.29) is 0 Å².